The lowest BCUT2D eigenvalue weighted by Gasteiger charge is -1.99. The van der Waals surface area contributed by atoms with E-state index in [0.29, 0.717) is 13.0 Å². The number of rotatable bonds is 9. The Hall–Kier alpha value is -0.790. The average Bonchev–Trinajstić information content (AvgIpc) is 2.25. The molecule has 0 unspecified atom stereocenters. The predicted molar refractivity (Wildman–Crippen MR) is 63.8 cm³/mol. The minimum absolute atomic E-state index is 0.110. The van der Waals surface area contributed by atoms with Crippen LogP contribution in [0.1, 0.15) is 58.8 Å². The molecule has 15 heavy (non-hydrogen) atoms. The van der Waals surface area contributed by atoms with Crippen LogP contribution in [0.5, 0.6) is 0 Å². The van der Waals surface area contributed by atoms with Crippen molar-refractivity contribution in [2.24, 2.45) is 0 Å². The molecule has 2 nitrogen and oxygen atoms in total. The first kappa shape index (κ1) is 14.2. The molecule has 0 aliphatic heterocycles. The molecule has 0 rings (SSSR count). The largest absolute Gasteiger partial charge is 0.465 e. The zero-order valence-electron chi connectivity index (χ0n) is 10.1. The van der Waals surface area contributed by atoms with Crippen LogP contribution in [0.4, 0.5) is 0 Å². The molecule has 0 spiro atoms. The maximum absolute atomic E-state index is 11.1. The maximum atomic E-state index is 11.1. The second kappa shape index (κ2) is 11.3. The van der Waals surface area contributed by atoms with Gasteiger partial charge in [0.05, 0.1) is 13.0 Å². The highest BCUT2D eigenvalue weighted by Gasteiger charge is 1.96. The Kier molecular flexibility index (Phi) is 10.7. The number of hydrogen-bond donors (Lipinski definition) is 0. The van der Waals surface area contributed by atoms with Gasteiger partial charge in [-0.2, -0.15) is 0 Å². The highest BCUT2D eigenvalue weighted by molar-refractivity contribution is 5.71. The Morgan fingerprint density at radius 1 is 1.07 bits per heavy atom. The van der Waals surface area contributed by atoms with Crippen molar-refractivity contribution in [2.75, 3.05) is 6.61 Å². The molecular formula is C13H24O2. The molecule has 0 saturated heterocycles. The zero-order valence-corrected chi connectivity index (χ0v) is 10.1. The van der Waals surface area contributed by atoms with Crippen LogP contribution in [-0.2, 0) is 9.53 Å². The standard InChI is InChI=1S/C13H24O2/c1-3-5-6-7-8-9-10-11-13(14)15-12-4-2/h9-10H,3-8,11-12H2,1-2H3. The average molecular weight is 212 g/mol. The van der Waals surface area contributed by atoms with Gasteiger partial charge < -0.3 is 4.74 Å². The highest BCUT2D eigenvalue weighted by Crippen LogP contribution is 2.03. The van der Waals surface area contributed by atoms with Crippen LogP contribution < -0.4 is 0 Å². The van der Waals surface area contributed by atoms with Crippen LogP contribution in [0.15, 0.2) is 12.2 Å². The van der Waals surface area contributed by atoms with E-state index in [2.05, 4.69) is 13.0 Å². The van der Waals surface area contributed by atoms with E-state index in [1.54, 1.807) is 0 Å². The Bertz CT molecular complexity index is 173. The number of carbonyl (C=O) groups excluding carboxylic acids is 1. The molecule has 0 heterocycles. The Balaban J connectivity index is 3.25. The number of unbranched alkanes of at least 4 members (excludes halogenated alkanes) is 4. The lowest BCUT2D eigenvalue weighted by atomic mass is 10.1. The van der Waals surface area contributed by atoms with Gasteiger partial charge in [0.15, 0.2) is 0 Å². The molecule has 2 heteroatoms. The minimum Gasteiger partial charge on any atom is -0.465 e. The van der Waals surface area contributed by atoms with E-state index < -0.39 is 0 Å². The zero-order chi connectivity index (χ0) is 11.4. The predicted octanol–water partition coefficient (Wildman–Crippen LogP) is 3.86. The van der Waals surface area contributed by atoms with Crippen molar-refractivity contribution in [3.63, 3.8) is 0 Å². The number of ether oxygens (including phenoxy) is 1. The van der Waals surface area contributed by atoms with Crippen molar-refractivity contribution in [1.29, 1.82) is 0 Å². The van der Waals surface area contributed by atoms with Gasteiger partial charge >= 0.3 is 5.97 Å². The molecule has 0 saturated carbocycles. The van der Waals surface area contributed by atoms with E-state index in [1.165, 1.54) is 25.7 Å². The summed E-state index contributed by atoms with van der Waals surface area (Å²) in [7, 11) is 0. The van der Waals surface area contributed by atoms with E-state index in [1.807, 2.05) is 13.0 Å². The van der Waals surface area contributed by atoms with Gasteiger partial charge in [0, 0.05) is 0 Å². The molecule has 0 atom stereocenters. The maximum Gasteiger partial charge on any atom is 0.309 e. The summed E-state index contributed by atoms with van der Waals surface area (Å²) in [6.45, 7) is 4.75. The molecule has 0 aliphatic rings. The number of esters is 1. The van der Waals surface area contributed by atoms with Crippen LogP contribution in [-0.4, -0.2) is 12.6 Å². The summed E-state index contributed by atoms with van der Waals surface area (Å²) >= 11 is 0. The summed E-state index contributed by atoms with van der Waals surface area (Å²) in [6, 6.07) is 0. The van der Waals surface area contributed by atoms with Gasteiger partial charge in [-0.05, 0) is 19.3 Å². The van der Waals surface area contributed by atoms with Gasteiger partial charge in [-0.3, -0.25) is 4.79 Å². The fraction of sp³-hybridized carbons (Fsp3) is 0.769. The molecule has 0 N–H and O–H groups in total. The third kappa shape index (κ3) is 11.1. The summed E-state index contributed by atoms with van der Waals surface area (Å²) in [5, 5.41) is 0. The Morgan fingerprint density at radius 3 is 2.53 bits per heavy atom. The fourth-order valence-electron chi connectivity index (χ4n) is 1.26. The molecule has 88 valence electrons. The molecule has 0 aromatic carbocycles. The van der Waals surface area contributed by atoms with Crippen LogP contribution in [0.25, 0.3) is 0 Å². The van der Waals surface area contributed by atoms with Gasteiger partial charge in [-0.15, -0.1) is 0 Å². The van der Waals surface area contributed by atoms with E-state index in [9.17, 15) is 4.79 Å². The van der Waals surface area contributed by atoms with Crippen molar-refractivity contribution in [1.82, 2.24) is 0 Å². The normalized spacial score (nSPS) is 10.8. The van der Waals surface area contributed by atoms with Gasteiger partial charge in [-0.1, -0.05) is 45.3 Å². The van der Waals surface area contributed by atoms with Crippen LogP contribution in [0, 0.1) is 0 Å². The molecule has 0 radical (unpaired) electrons. The molecule has 0 fully saturated rings. The topological polar surface area (TPSA) is 26.3 Å². The van der Waals surface area contributed by atoms with Crippen molar-refractivity contribution in [3.8, 4) is 0 Å². The Labute approximate surface area is 93.7 Å². The summed E-state index contributed by atoms with van der Waals surface area (Å²) in [5.74, 6) is -0.110. The number of hydrogen-bond acceptors (Lipinski definition) is 2. The van der Waals surface area contributed by atoms with Gasteiger partial charge in [0.25, 0.3) is 0 Å². The SMILES string of the molecule is CCCCCCC=CCC(=O)OCCC. The second-order valence-corrected chi connectivity index (χ2v) is 3.75. The number of allylic oxidation sites excluding steroid dienone is 1. The smallest absolute Gasteiger partial charge is 0.309 e. The minimum atomic E-state index is -0.110. The first-order valence-corrected chi connectivity index (χ1v) is 6.11. The van der Waals surface area contributed by atoms with Crippen molar-refractivity contribution >= 4 is 5.97 Å². The fourth-order valence-corrected chi connectivity index (χ4v) is 1.26. The highest BCUT2D eigenvalue weighted by atomic mass is 16.5. The van der Waals surface area contributed by atoms with Crippen LogP contribution >= 0.6 is 0 Å². The monoisotopic (exact) mass is 212 g/mol. The second-order valence-electron chi connectivity index (χ2n) is 3.75. The third-order valence-electron chi connectivity index (χ3n) is 2.14. The molecule has 0 amide bonds. The first-order chi connectivity index (χ1) is 7.31. The molecular weight excluding hydrogens is 188 g/mol. The molecule has 0 bridgehead atoms. The summed E-state index contributed by atoms with van der Waals surface area (Å²) in [6.07, 6.45) is 11.5. The van der Waals surface area contributed by atoms with Crippen molar-refractivity contribution < 1.29 is 9.53 Å². The van der Waals surface area contributed by atoms with Crippen LogP contribution in [0.2, 0.25) is 0 Å². The van der Waals surface area contributed by atoms with Crippen molar-refractivity contribution in [3.05, 3.63) is 12.2 Å². The van der Waals surface area contributed by atoms with Gasteiger partial charge in [-0.25, -0.2) is 0 Å². The number of carbonyl (C=O) groups is 1. The summed E-state index contributed by atoms with van der Waals surface area (Å²) in [5.41, 5.74) is 0. The van der Waals surface area contributed by atoms with Gasteiger partial charge in [0.2, 0.25) is 0 Å². The lowest BCUT2D eigenvalue weighted by Crippen LogP contribution is -2.03. The molecule has 0 aromatic heterocycles. The third-order valence-corrected chi connectivity index (χ3v) is 2.14. The van der Waals surface area contributed by atoms with E-state index in [0.717, 1.165) is 12.8 Å². The van der Waals surface area contributed by atoms with Crippen molar-refractivity contribution in [2.45, 2.75) is 58.8 Å². The summed E-state index contributed by atoms with van der Waals surface area (Å²) < 4.78 is 4.95. The molecule has 0 aliphatic carbocycles. The Morgan fingerprint density at radius 2 is 1.87 bits per heavy atom. The quantitative estimate of drug-likeness (QED) is 0.329. The van der Waals surface area contributed by atoms with E-state index >= 15 is 0 Å². The van der Waals surface area contributed by atoms with E-state index in [4.69, 9.17) is 4.74 Å². The molecule has 0 aromatic rings. The van der Waals surface area contributed by atoms with Gasteiger partial charge in [0.1, 0.15) is 0 Å². The lowest BCUT2D eigenvalue weighted by molar-refractivity contribution is -0.142. The van der Waals surface area contributed by atoms with E-state index in [-0.39, 0.29) is 5.97 Å². The van der Waals surface area contributed by atoms with Crippen LogP contribution in [0.3, 0.4) is 0 Å². The first-order valence-electron chi connectivity index (χ1n) is 6.11. The summed E-state index contributed by atoms with van der Waals surface area (Å²) in [4.78, 5) is 11.1.